The Morgan fingerprint density at radius 3 is 2.21 bits per heavy atom. The van der Waals surface area contributed by atoms with Gasteiger partial charge in [-0.25, -0.2) is 0 Å². The van der Waals surface area contributed by atoms with E-state index >= 15 is 0 Å². The predicted molar refractivity (Wildman–Crippen MR) is 58.4 cm³/mol. The maximum Gasteiger partial charge on any atom is 0.0833 e. The van der Waals surface area contributed by atoms with Gasteiger partial charge in [0.25, 0.3) is 0 Å². The van der Waals surface area contributed by atoms with Gasteiger partial charge in [0.2, 0.25) is 0 Å². The van der Waals surface area contributed by atoms with Crippen LogP contribution in [0.5, 0.6) is 0 Å². The molecule has 2 aliphatic carbocycles. The smallest absolute Gasteiger partial charge is 0.0833 e. The molecule has 0 saturated heterocycles. The molecule has 2 heteroatoms. The van der Waals surface area contributed by atoms with Gasteiger partial charge < -0.3 is 10.1 Å². The molecule has 0 bridgehead atoms. The highest BCUT2D eigenvalue weighted by Gasteiger charge is 2.47. The molecular weight excluding hydrogens is 174 g/mol. The van der Waals surface area contributed by atoms with E-state index in [0.717, 1.165) is 5.92 Å². The molecule has 14 heavy (non-hydrogen) atoms. The van der Waals surface area contributed by atoms with Crippen LogP contribution in [-0.2, 0) is 4.74 Å². The summed E-state index contributed by atoms with van der Waals surface area (Å²) in [5.74, 6) is 0.861. The van der Waals surface area contributed by atoms with Crippen LogP contribution in [0.15, 0.2) is 0 Å². The molecule has 1 atom stereocenters. The molecule has 2 nitrogen and oxygen atoms in total. The summed E-state index contributed by atoms with van der Waals surface area (Å²) >= 11 is 0. The first-order chi connectivity index (χ1) is 6.82. The first-order valence-electron chi connectivity index (χ1n) is 6.05. The summed E-state index contributed by atoms with van der Waals surface area (Å²) < 4.78 is 5.78. The third-order valence-corrected chi connectivity index (χ3v) is 4.36. The van der Waals surface area contributed by atoms with Crippen molar-refractivity contribution < 1.29 is 4.74 Å². The van der Waals surface area contributed by atoms with Crippen LogP contribution in [0.1, 0.15) is 44.9 Å². The minimum Gasteiger partial charge on any atom is -0.377 e. The molecule has 0 aromatic rings. The Morgan fingerprint density at radius 1 is 1.21 bits per heavy atom. The van der Waals surface area contributed by atoms with Crippen molar-refractivity contribution >= 4 is 0 Å². The van der Waals surface area contributed by atoms with E-state index in [1.165, 1.54) is 44.9 Å². The average molecular weight is 197 g/mol. The molecule has 1 unspecified atom stereocenters. The van der Waals surface area contributed by atoms with Gasteiger partial charge in [0.1, 0.15) is 0 Å². The zero-order chi connectivity index (χ0) is 10.0. The molecule has 2 saturated carbocycles. The van der Waals surface area contributed by atoms with E-state index in [1.54, 1.807) is 0 Å². The Balaban J connectivity index is 2.03. The van der Waals surface area contributed by atoms with E-state index < -0.39 is 0 Å². The van der Waals surface area contributed by atoms with Crippen molar-refractivity contribution in [3.8, 4) is 0 Å². The highest BCUT2D eigenvalue weighted by atomic mass is 16.5. The summed E-state index contributed by atoms with van der Waals surface area (Å²) in [6, 6.07) is 0.601. The lowest BCUT2D eigenvalue weighted by atomic mass is 9.70. The van der Waals surface area contributed by atoms with Gasteiger partial charge in [-0.2, -0.15) is 0 Å². The second-order valence-corrected chi connectivity index (χ2v) is 4.93. The maximum absolute atomic E-state index is 5.78. The standard InChI is InChI=1S/C12H23NO/c1-13-11(10-6-3-4-7-10)12(14-2)8-5-9-12/h10-11,13H,3-9H2,1-2H3. The number of hydrogen-bond donors (Lipinski definition) is 1. The van der Waals surface area contributed by atoms with Crippen LogP contribution in [0.3, 0.4) is 0 Å². The quantitative estimate of drug-likeness (QED) is 0.747. The molecule has 2 fully saturated rings. The fourth-order valence-electron chi connectivity index (χ4n) is 3.39. The molecule has 0 aliphatic heterocycles. The summed E-state index contributed by atoms with van der Waals surface area (Å²) in [6.45, 7) is 0. The lowest BCUT2D eigenvalue weighted by Crippen LogP contribution is -2.58. The monoisotopic (exact) mass is 197 g/mol. The van der Waals surface area contributed by atoms with E-state index in [4.69, 9.17) is 4.74 Å². The Bertz CT molecular complexity index is 177. The lowest BCUT2D eigenvalue weighted by molar-refractivity contribution is -0.109. The number of methoxy groups -OCH3 is 1. The van der Waals surface area contributed by atoms with Crippen molar-refractivity contribution in [3.05, 3.63) is 0 Å². The highest BCUT2D eigenvalue weighted by Crippen LogP contribution is 2.43. The van der Waals surface area contributed by atoms with E-state index in [0.29, 0.717) is 6.04 Å². The SMILES string of the molecule is CNC(C1CCCC1)C1(OC)CCC1. The van der Waals surface area contributed by atoms with Crippen molar-refractivity contribution in [2.45, 2.75) is 56.6 Å². The van der Waals surface area contributed by atoms with Crippen molar-refractivity contribution in [1.82, 2.24) is 5.32 Å². The van der Waals surface area contributed by atoms with Crippen LogP contribution in [0.2, 0.25) is 0 Å². The number of likely N-dealkylation sites (N-methyl/N-ethyl adjacent to an activating group) is 1. The molecule has 0 amide bonds. The summed E-state index contributed by atoms with van der Waals surface area (Å²) in [7, 11) is 3.99. The molecular formula is C12H23NO. The van der Waals surface area contributed by atoms with Gasteiger partial charge >= 0.3 is 0 Å². The fourth-order valence-corrected chi connectivity index (χ4v) is 3.39. The molecule has 0 heterocycles. The third kappa shape index (κ3) is 1.59. The van der Waals surface area contributed by atoms with E-state index in [9.17, 15) is 0 Å². The second-order valence-electron chi connectivity index (χ2n) is 4.93. The van der Waals surface area contributed by atoms with Crippen LogP contribution in [0, 0.1) is 5.92 Å². The largest absolute Gasteiger partial charge is 0.377 e. The molecule has 2 aliphatic rings. The lowest BCUT2D eigenvalue weighted by Gasteiger charge is -2.48. The summed E-state index contributed by atoms with van der Waals surface area (Å²) in [4.78, 5) is 0. The molecule has 2 rings (SSSR count). The van der Waals surface area contributed by atoms with Gasteiger partial charge in [-0.1, -0.05) is 12.8 Å². The Morgan fingerprint density at radius 2 is 1.86 bits per heavy atom. The minimum atomic E-state index is 0.184. The van der Waals surface area contributed by atoms with Crippen molar-refractivity contribution in [2.24, 2.45) is 5.92 Å². The molecule has 0 aromatic carbocycles. The minimum absolute atomic E-state index is 0.184. The zero-order valence-electron chi connectivity index (χ0n) is 9.51. The van der Waals surface area contributed by atoms with E-state index in [2.05, 4.69) is 12.4 Å². The van der Waals surface area contributed by atoms with Crippen LogP contribution in [-0.4, -0.2) is 25.8 Å². The summed E-state index contributed by atoms with van der Waals surface area (Å²) in [5.41, 5.74) is 0.184. The van der Waals surface area contributed by atoms with Gasteiger partial charge in [0.15, 0.2) is 0 Å². The van der Waals surface area contributed by atoms with Crippen LogP contribution in [0.25, 0.3) is 0 Å². The second kappa shape index (κ2) is 4.19. The first kappa shape index (κ1) is 10.4. The van der Waals surface area contributed by atoms with E-state index in [-0.39, 0.29) is 5.60 Å². The molecule has 0 aromatic heterocycles. The van der Waals surface area contributed by atoms with Crippen LogP contribution >= 0.6 is 0 Å². The molecule has 0 radical (unpaired) electrons. The van der Waals surface area contributed by atoms with Crippen molar-refractivity contribution in [3.63, 3.8) is 0 Å². The Kier molecular flexibility index (Phi) is 3.13. The average Bonchev–Trinajstić information content (AvgIpc) is 2.63. The topological polar surface area (TPSA) is 21.3 Å². The molecule has 1 N–H and O–H groups in total. The molecule has 82 valence electrons. The highest BCUT2D eigenvalue weighted by molar-refractivity contribution is 5.02. The van der Waals surface area contributed by atoms with Crippen molar-refractivity contribution in [1.29, 1.82) is 0 Å². The fraction of sp³-hybridized carbons (Fsp3) is 1.00. The maximum atomic E-state index is 5.78. The number of rotatable bonds is 4. The van der Waals surface area contributed by atoms with E-state index in [1.807, 2.05) is 7.11 Å². The molecule has 0 spiro atoms. The third-order valence-electron chi connectivity index (χ3n) is 4.36. The van der Waals surface area contributed by atoms with Crippen LogP contribution in [0.4, 0.5) is 0 Å². The zero-order valence-corrected chi connectivity index (χ0v) is 9.51. The summed E-state index contributed by atoms with van der Waals surface area (Å²) in [5, 5.41) is 3.51. The van der Waals surface area contributed by atoms with Gasteiger partial charge in [-0.3, -0.25) is 0 Å². The van der Waals surface area contributed by atoms with Gasteiger partial charge in [-0.15, -0.1) is 0 Å². The Labute approximate surface area is 87.4 Å². The number of ether oxygens (including phenoxy) is 1. The van der Waals surface area contributed by atoms with Gasteiger partial charge in [0, 0.05) is 13.2 Å². The first-order valence-corrected chi connectivity index (χ1v) is 6.05. The van der Waals surface area contributed by atoms with Gasteiger partial charge in [-0.05, 0) is 45.1 Å². The summed E-state index contributed by atoms with van der Waals surface area (Å²) in [6.07, 6.45) is 9.49. The van der Waals surface area contributed by atoms with Crippen molar-refractivity contribution in [2.75, 3.05) is 14.2 Å². The normalized spacial score (nSPS) is 28.7. The predicted octanol–water partition coefficient (Wildman–Crippen LogP) is 2.33. The van der Waals surface area contributed by atoms with Gasteiger partial charge in [0.05, 0.1) is 5.60 Å². The van der Waals surface area contributed by atoms with Crippen LogP contribution < -0.4 is 5.32 Å². The number of hydrogen-bond acceptors (Lipinski definition) is 2. The Hall–Kier alpha value is -0.0800. The number of nitrogens with one attached hydrogen (secondary N) is 1.